The minimum atomic E-state index is -0.00240. The van der Waals surface area contributed by atoms with Crippen LogP contribution >= 0.6 is 48.0 Å². The van der Waals surface area contributed by atoms with Gasteiger partial charge in [0.15, 0.2) is 0 Å². The van der Waals surface area contributed by atoms with Gasteiger partial charge in [-0.25, -0.2) is 4.98 Å². The molecule has 9 heteroatoms. The zero-order valence-electron chi connectivity index (χ0n) is 10.7. The molecular formula is C11H18Cl4N4O. The third-order valence-corrected chi connectivity index (χ3v) is 2.65. The van der Waals surface area contributed by atoms with Crippen LogP contribution in [0.25, 0.3) is 0 Å². The number of nitrogens with two attached hydrogens (primary N) is 1. The van der Waals surface area contributed by atoms with Crippen molar-refractivity contribution in [2.24, 2.45) is 5.73 Å². The van der Waals surface area contributed by atoms with Crippen molar-refractivity contribution in [3.05, 3.63) is 22.3 Å². The molecule has 0 aromatic carbocycles. The van der Waals surface area contributed by atoms with Gasteiger partial charge in [-0.2, -0.15) is 0 Å². The maximum Gasteiger partial charge on any atom is 0.220 e. The smallest absolute Gasteiger partial charge is 0.220 e. The maximum absolute atomic E-state index is 11.3. The van der Waals surface area contributed by atoms with E-state index in [1.54, 1.807) is 6.07 Å². The molecule has 0 unspecified atom stereocenters. The van der Waals surface area contributed by atoms with Crippen LogP contribution in [0.1, 0.15) is 12.8 Å². The van der Waals surface area contributed by atoms with E-state index in [9.17, 15) is 4.79 Å². The molecule has 0 spiro atoms. The number of anilines is 1. The fourth-order valence-corrected chi connectivity index (χ4v) is 1.73. The Hall–Kier alpha value is -0.460. The zero-order valence-corrected chi connectivity index (χ0v) is 13.8. The molecule has 0 fully saturated rings. The van der Waals surface area contributed by atoms with Crippen LogP contribution in [0.3, 0.4) is 0 Å². The molecule has 0 aliphatic heterocycles. The molecule has 0 saturated heterocycles. The number of hydrogen-bond acceptors (Lipinski definition) is 4. The van der Waals surface area contributed by atoms with Gasteiger partial charge in [-0.15, -0.1) is 24.8 Å². The second-order valence-electron chi connectivity index (χ2n) is 3.65. The van der Waals surface area contributed by atoms with Crippen LogP contribution in [-0.2, 0) is 4.79 Å². The Morgan fingerprint density at radius 1 is 1.30 bits per heavy atom. The number of carbonyl (C=O) groups excluding carboxylic acids is 1. The molecule has 0 aliphatic carbocycles. The first-order valence-electron chi connectivity index (χ1n) is 5.65. The molecule has 1 amide bonds. The van der Waals surface area contributed by atoms with Crippen molar-refractivity contribution in [3.8, 4) is 0 Å². The molecule has 0 radical (unpaired) electrons. The highest BCUT2D eigenvalue weighted by molar-refractivity contribution is 6.35. The van der Waals surface area contributed by atoms with Crippen LogP contribution in [0.5, 0.6) is 0 Å². The van der Waals surface area contributed by atoms with E-state index in [0.717, 1.165) is 0 Å². The van der Waals surface area contributed by atoms with E-state index in [2.05, 4.69) is 15.6 Å². The lowest BCUT2D eigenvalue weighted by atomic mass is 10.3. The van der Waals surface area contributed by atoms with Crippen LogP contribution in [0.4, 0.5) is 5.82 Å². The fourth-order valence-electron chi connectivity index (χ4n) is 1.28. The summed E-state index contributed by atoms with van der Waals surface area (Å²) in [6.45, 7) is 1.57. The van der Waals surface area contributed by atoms with E-state index >= 15 is 0 Å². The summed E-state index contributed by atoms with van der Waals surface area (Å²) in [5.41, 5.74) is 5.31. The van der Waals surface area contributed by atoms with Gasteiger partial charge in [-0.1, -0.05) is 23.2 Å². The standard InChI is InChI=1S/C11H16Cl2N4O.2ClH/c12-8-6-9(13)11(17-7-8)16-5-4-15-10(18)2-1-3-14;;/h6-7H,1-5,14H2,(H,15,18)(H,16,17);2*1H. The summed E-state index contributed by atoms with van der Waals surface area (Å²) in [7, 11) is 0. The van der Waals surface area contributed by atoms with Gasteiger partial charge in [-0.05, 0) is 19.0 Å². The van der Waals surface area contributed by atoms with Gasteiger partial charge in [-0.3, -0.25) is 4.79 Å². The van der Waals surface area contributed by atoms with E-state index in [-0.39, 0.29) is 30.7 Å². The topological polar surface area (TPSA) is 80.0 Å². The van der Waals surface area contributed by atoms with Gasteiger partial charge in [0, 0.05) is 25.7 Å². The van der Waals surface area contributed by atoms with Gasteiger partial charge in [0.2, 0.25) is 5.91 Å². The highest BCUT2D eigenvalue weighted by Gasteiger charge is 2.03. The predicted molar refractivity (Wildman–Crippen MR) is 88.5 cm³/mol. The Bertz CT molecular complexity index is 406. The fraction of sp³-hybridized carbons (Fsp3) is 0.455. The second-order valence-corrected chi connectivity index (χ2v) is 4.50. The van der Waals surface area contributed by atoms with Crippen molar-refractivity contribution in [2.45, 2.75) is 12.8 Å². The minimum Gasteiger partial charge on any atom is -0.367 e. The van der Waals surface area contributed by atoms with Crippen molar-refractivity contribution >= 4 is 59.7 Å². The summed E-state index contributed by atoms with van der Waals surface area (Å²) in [5, 5.41) is 6.72. The molecule has 4 N–H and O–H groups in total. The molecule has 0 atom stereocenters. The summed E-state index contributed by atoms with van der Waals surface area (Å²) in [6.07, 6.45) is 2.66. The lowest BCUT2D eigenvalue weighted by molar-refractivity contribution is -0.121. The summed E-state index contributed by atoms with van der Waals surface area (Å²) >= 11 is 11.7. The highest BCUT2D eigenvalue weighted by atomic mass is 35.5. The number of carbonyl (C=O) groups is 1. The van der Waals surface area contributed by atoms with Crippen molar-refractivity contribution in [2.75, 3.05) is 25.0 Å². The Balaban J connectivity index is 0. The first-order chi connectivity index (χ1) is 8.63. The minimum absolute atomic E-state index is 0. The van der Waals surface area contributed by atoms with E-state index in [1.807, 2.05) is 0 Å². The maximum atomic E-state index is 11.3. The Labute approximate surface area is 140 Å². The van der Waals surface area contributed by atoms with Crippen LogP contribution in [0.15, 0.2) is 12.3 Å². The molecule has 1 aromatic rings. The largest absolute Gasteiger partial charge is 0.367 e. The van der Waals surface area contributed by atoms with Crippen LogP contribution in [-0.4, -0.2) is 30.5 Å². The SMILES string of the molecule is Cl.Cl.NCCCC(=O)NCCNc1ncc(Cl)cc1Cl. The van der Waals surface area contributed by atoms with Crippen molar-refractivity contribution in [1.29, 1.82) is 0 Å². The Morgan fingerprint density at radius 3 is 2.60 bits per heavy atom. The number of rotatable bonds is 7. The molecule has 20 heavy (non-hydrogen) atoms. The van der Waals surface area contributed by atoms with Crippen LogP contribution in [0.2, 0.25) is 10.0 Å². The number of halogens is 4. The lowest BCUT2D eigenvalue weighted by Crippen LogP contribution is -2.29. The van der Waals surface area contributed by atoms with E-state index in [1.165, 1.54) is 6.20 Å². The van der Waals surface area contributed by atoms with Crippen molar-refractivity contribution in [1.82, 2.24) is 10.3 Å². The van der Waals surface area contributed by atoms with E-state index in [4.69, 9.17) is 28.9 Å². The summed E-state index contributed by atoms with van der Waals surface area (Å²) < 4.78 is 0. The molecule has 1 rings (SSSR count). The lowest BCUT2D eigenvalue weighted by Gasteiger charge is -2.08. The molecule has 116 valence electrons. The molecule has 0 saturated carbocycles. The van der Waals surface area contributed by atoms with Crippen LogP contribution < -0.4 is 16.4 Å². The molecular weight excluding hydrogens is 346 g/mol. The normalized spacial score (nSPS) is 9.15. The number of aromatic nitrogens is 1. The number of hydrogen-bond donors (Lipinski definition) is 3. The molecule has 1 aromatic heterocycles. The number of nitrogens with one attached hydrogen (secondary N) is 2. The first-order valence-corrected chi connectivity index (χ1v) is 6.40. The van der Waals surface area contributed by atoms with Crippen LogP contribution in [0, 0.1) is 0 Å². The van der Waals surface area contributed by atoms with Gasteiger partial charge < -0.3 is 16.4 Å². The summed E-state index contributed by atoms with van der Waals surface area (Å²) in [5.74, 6) is 0.551. The quantitative estimate of drug-likeness (QED) is 0.650. The van der Waals surface area contributed by atoms with E-state index < -0.39 is 0 Å². The van der Waals surface area contributed by atoms with Gasteiger partial charge in [0.05, 0.1) is 10.0 Å². The monoisotopic (exact) mass is 362 g/mol. The number of nitrogens with zero attached hydrogens (tertiary/aromatic N) is 1. The van der Waals surface area contributed by atoms with E-state index in [0.29, 0.717) is 48.3 Å². The van der Waals surface area contributed by atoms with Gasteiger partial charge in [0.1, 0.15) is 5.82 Å². The second kappa shape index (κ2) is 12.3. The van der Waals surface area contributed by atoms with Crippen molar-refractivity contribution < 1.29 is 4.79 Å². The molecule has 5 nitrogen and oxygen atoms in total. The highest BCUT2D eigenvalue weighted by Crippen LogP contribution is 2.21. The summed E-state index contributed by atoms with van der Waals surface area (Å²) in [4.78, 5) is 15.3. The Kier molecular flexibility index (Phi) is 13.4. The van der Waals surface area contributed by atoms with Gasteiger partial charge >= 0.3 is 0 Å². The third kappa shape index (κ3) is 8.66. The molecule has 0 bridgehead atoms. The Morgan fingerprint density at radius 2 is 2.00 bits per heavy atom. The zero-order chi connectivity index (χ0) is 13.4. The predicted octanol–water partition coefficient (Wildman–Crippen LogP) is 2.50. The first kappa shape index (κ1) is 21.8. The molecule has 1 heterocycles. The van der Waals surface area contributed by atoms with Gasteiger partial charge in [0.25, 0.3) is 0 Å². The third-order valence-electron chi connectivity index (χ3n) is 2.16. The van der Waals surface area contributed by atoms with Crippen molar-refractivity contribution in [3.63, 3.8) is 0 Å². The molecule has 0 aliphatic rings. The average Bonchev–Trinajstić information content (AvgIpc) is 2.34. The number of amides is 1. The average molecular weight is 364 g/mol. The number of pyridine rings is 1. The summed E-state index contributed by atoms with van der Waals surface area (Å²) in [6, 6.07) is 1.61.